The second-order valence-corrected chi connectivity index (χ2v) is 4.18. The van der Waals surface area contributed by atoms with E-state index in [1.165, 1.54) is 12.1 Å². The molecular formula is C14H10ClN3O2. The van der Waals surface area contributed by atoms with Crippen LogP contribution in [0.1, 0.15) is 16.1 Å². The van der Waals surface area contributed by atoms with Gasteiger partial charge >= 0.3 is 0 Å². The van der Waals surface area contributed by atoms with Crippen LogP contribution in [0, 0.1) is 11.8 Å². The predicted octanol–water partition coefficient (Wildman–Crippen LogP) is 1.20. The SMILES string of the molecule is O=C(NCC#Cc1ccccc1Cl)c1ccc(=O)[nH]n1. The molecule has 1 heterocycles. The van der Waals surface area contributed by atoms with Crippen molar-refractivity contribution in [3.8, 4) is 11.8 Å². The predicted molar refractivity (Wildman–Crippen MR) is 75.5 cm³/mol. The van der Waals surface area contributed by atoms with Gasteiger partial charge in [0.05, 0.1) is 11.6 Å². The molecule has 2 rings (SSSR count). The fourth-order valence-electron chi connectivity index (χ4n) is 1.39. The molecule has 100 valence electrons. The van der Waals surface area contributed by atoms with Crippen LogP contribution in [-0.2, 0) is 0 Å². The van der Waals surface area contributed by atoms with Crippen molar-refractivity contribution >= 4 is 17.5 Å². The van der Waals surface area contributed by atoms with E-state index >= 15 is 0 Å². The highest BCUT2D eigenvalue weighted by atomic mass is 35.5. The van der Waals surface area contributed by atoms with E-state index in [9.17, 15) is 9.59 Å². The Labute approximate surface area is 120 Å². The zero-order chi connectivity index (χ0) is 14.4. The van der Waals surface area contributed by atoms with Gasteiger partial charge in [-0.1, -0.05) is 35.6 Å². The number of aromatic amines is 1. The van der Waals surface area contributed by atoms with Crippen molar-refractivity contribution < 1.29 is 4.79 Å². The van der Waals surface area contributed by atoms with Crippen molar-refractivity contribution in [1.82, 2.24) is 15.5 Å². The van der Waals surface area contributed by atoms with E-state index in [2.05, 4.69) is 27.4 Å². The summed E-state index contributed by atoms with van der Waals surface area (Å²) in [6.45, 7) is 0.158. The third-order valence-electron chi connectivity index (χ3n) is 2.35. The highest BCUT2D eigenvalue weighted by Crippen LogP contribution is 2.12. The molecule has 0 saturated heterocycles. The number of hydrogen-bond acceptors (Lipinski definition) is 3. The lowest BCUT2D eigenvalue weighted by Gasteiger charge is -1.99. The summed E-state index contributed by atoms with van der Waals surface area (Å²) in [6.07, 6.45) is 0. The number of aromatic nitrogens is 2. The van der Waals surface area contributed by atoms with Crippen molar-refractivity contribution in [1.29, 1.82) is 0 Å². The van der Waals surface area contributed by atoms with Gasteiger partial charge in [-0.05, 0) is 18.2 Å². The zero-order valence-corrected chi connectivity index (χ0v) is 11.1. The number of carbonyl (C=O) groups is 1. The maximum absolute atomic E-state index is 11.6. The highest BCUT2D eigenvalue weighted by Gasteiger charge is 2.04. The Kier molecular flexibility index (Phi) is 4.53. The Balaban J connectivity index is 1.94. The van der Waals surface area contributed by atoms with Crippen LogP contribution in [0.15, 0.2) is 41.2 Å². The van der Waals surface area contributed by atoms with E-state index in [0.29, 0.717) is 10.6 Å². The smallest absolute Gasteiger partial charge is 0.272 e. The molecule has 5 nitrogen and oxygen atoms in total. The van der Waals surface area contributed by atoms with Gasteiger partial charge in [0.1, 0.15) is 5.69 Å². The summed E-state index contributed by atoms with van der Waals surface area (Å²) < 4.78 is 0. The molecule has 0 fully saturated rings. The Morgan fingerprint density at radius 2 is 2.10 bits per heavy atom. The molecule has 1 amide bonds. The monoisotopic (exact) mass is 287 g/mol. The van der Waals surface area contributed by atoms with Crippen LogP contribution >= 0.6 is 11.6 Å². The van der Waals surface area contributed by atoms with Crippen LogP contribution in [0.5, 0.6) is 0 Å². The molecule has 6 heteroatoms. The van der Waals surface area contributed by atoms with Gasteiger partial charge in [0, 0.05) is 11.6 Å². The molecule has 0 saturated carbocycles. The first kappa shape index (κ1) is 13.8. The largest absolute Gasteiger partial charge is 0.340 e. The molecule has 2 N–H and O–H groups in total. The second-order valence-electron chi connectivity index (χ2n) is 3.77. The van der Waals surface area contributed by atoms with Gasteiger partial charge in [0.2, 0.25) is 0 Å². The van der Waals surface area contributed by atoms with E-state index in [-0.39, 0.29) is 17.8 Å². The Morgan fingerprint density at radius 3 is 2.80 bits per heavy atom. The number of H-pyrrole nitrogens is 1. The first-order valence-electron chi connectivity index (χ1n) is 5.74. The number of nitrogens with one attached hydrogen (secondary N) is 2. The van der Waals surface area contributed by atoms with Crippen molar-refractivity contribution in [2.24, 2.45) is 0 Å². The van der Waals surface area contributed by atoms with Gasteiger partial charge in [0.15, 0.2) is 0 Å². The van der Waals surface area contributed by atoms with Crippen molar-refractivity contribution in [3.63, 3.8) is 0 Å². The fraction of sp³-hybridized carbons (Fsp3) is 0.0714. The topological polar surface area (TPSA) is 74.8 Å². The first-order chi connectivity index (χ1) is 9.66. The summed E-state index contributed by atoms with van der Waals surface area (Å²) in [6, 6.07) is 9.76. The van der Waals surface area contributed by atoms with Crippen LogP contribution in [0.4, 0.5) is 0 Å². The minimum Gasteiger partial charge on any atom is -0.340 e. The lowest BCUT2D eigenvalue weighted by Crippen LogP contribution is -2.26. The molecule has 0 spiro atoms. The van der Waals surface area contributed by atoms with Gasteiger partial charge in [-0.15, -0.1) is 0 Å². The zero-order valence-electron chi connectivity index (χ0n) is 10.3. The number of halogens is 1. The minimum atomic E-state index is -0.408. The van der Waals surface area contributed by atoms with Crippen LogP contribution in [-0.4, -0.2) is 22.6 Å². The van der Waals surface area contributed by atoms with Crippen molar-refractivity contribution in [3.05, 3.63) is 63.0 Å². The van der Waals surface area contributed by atoms with E-state index in [1.807, 2.05) is 12.1 Å². The molecule has 0 aliphatic heterocycles. The summed E-state index contributed by atoms with van der Waals surface area (Å²) in [5, 5.41) is 8.93. The molecule has 1 aromatic heterocycles. The van der Waals surface area contributed by atoms with E-state index in [1.54, 1.807) is 12.1 Å². The van der Waals surface area contributed by atoms with Gasteiger partial charge in [0.25, 0.3) is 11.5 Å². The molecule has 0 aliphatic carbocycles. The Morgan fingerprint density at radius 1 is 1.30 bits per heavy atom. The maximum atomic E-state index is 11.6. The first-order valence-corrected chi connectivity index (χ1v) is 6.12. The quantitative estimate of drug-likeness (QED) is 0.815. The van der Waals surface area contributed by atoms with E-state index < -0.39 is 5.91 Å². The molecule has 1 aromatic carbocycles. The molecule has 20 heavy (non-hydrogen) atoms. The number of benzene rings is 1. The average molecular weight is 288 g/mol. The average Bonchev–Trinajstić information content (AvgIpc) is 2.46. The Hall–Kier alpha value is -2.58. The molecule has 0 unspecified atom stereocenters. The summed E-state index contributed by atoms with van der Waals surface area (Å²) in [7, 11) is 0. The van der Waals surface area contributed by atoms with Gasteiger partial charge in [-0.25, -0.2) is 5.10 Å². The normalized spacial score (nSPS) is 9.45. The number of amides is 1. The van der Waals surface area contributed by atoms with Crippen LogP contribution in [0.2, 0.25) is 5.02 Å². The summed E-state index contributed by atoms with van der Waals surface area (Å²) >= 11 is 5.94. The lowest BCUT2D eigenvalue weighted by atomic mass is 10.2. The third kappa shape index (κ3) is 3.70. The number of nitrogens with zero attached hydrogens (tertiary/aromatic N) is 1. The second kappa shape index (κ2) is 6.55. The maximum Gasteiger partial charge on any atom is 0.272 e. The lowest BCUT2D eigenvalue weighted by molar-refractivity contribution is 0.0952. The number of carbonyl (C=O) groups excluding carboxylic acids is 1. The molecule has 0 atom stereocenters. The molecule has 0 bridgehead atoms. The highest BCUT2D eigenvalue weighted by molar-refractivity contribution is 6.31. The van der Waals surface area contributed by atoms with Gasteiger partial charge < -0.3 is 5.32 Å². The van der Waals surface area contributed by atoms with Gasteiger partial charge in [-0.2, -0.15) is 5.10 Å². The molecule has 0 aliphatic rings. The van der Waals surface area contributed by atoms with Gasteiger partial charge in [-0.3, -0.25) is 9.59 Å². The number of rotatable bonds is 2. The van der Waals surface area contributed by atoms with Crippen molar-refractivity contribution in [2.45, 2.75) is 0 Å². The standard InChI is InChI=1S/C14H10ClN3O2/c15-11-6-2-1-4-10(11)5-3-9-16-14(20)12-7-8-13(19)18-17-12/h1-2,4,6-8H,9H2,(H,16,20)(H,18,19). The molecule has 0 radical (unpaired) electrons. The Bertz CT molecular complexity index is 723. The van der Waals surface area contributed by atoms with Crippen LogP contribution < -0.4 is 10.9 Å². The minimum absolute atomic E-state index is 0.129. The third-order valence-corrected chi connectivity index (χ3v) is 2.68. The summed E-state index contributed by atoms with van der Waals surface area (Å²) in [5.74, 6) is 5.23. The van der Waals surface area contributed by atoms with Crippen LogP contribution in [0.25, 0.3) is 0 Å². The summed E-state index contributed by atoms with van der Waals surface area (Å²) in [4.78, 5) is 22.5. The van der Waals surface area contributed by atoms with Crippen LogP contribution in [0.3, 0.4) is 0 Å². The summed E-state index contributed by atoms with van der Waals surface area (Å²) in [5.41, 5.74) is 0.467. The molecule has 2 aromatic rings. The number of hydrogen-bond donors (Lipinski definition) is 2. The van der Waals surface area contributed by atoms with Crippen molar-refractivity contribution in [2.75, 3.05) is 6.54 Å². The van der Waals surface area contributed by atoms with E-state index in [4.69, 9.17) is 11.6 Å². The van der Waals surface area contributed by atoms with E-state index in [0.717, 1.165) is 0 Å². The fourth-order valence-corrected chi connectivity index (χ4v) is 1.57. The molecular weight excluding hydrogens is 278 g/mol.